The topological polar surface area (TPSA) is 513 Å². The van der Waals surface area contributed by atoms with Gasteiger partial charge in [0.1, 0.15) is 140 Å². The van der Waals surface area contributed by atoms with Crippen LogP contribution in [0.15, 0.2) is 0 Å². The lowest BCUT2D eigenvalue weighted by atomic mass is 9.94. The van der Waals surface area contributed by atoms with E-state index in [-0.39, 0.29) is 0 Å². The summed E-state index contributed by atoms with van der Waals surface area (Å²) >= 11 is 0. The van der Waals surface area contributed by atoms with Crippen molar-refractivity contribution in [2.75, 3.05) is 33.0 Å². The fourth-order valence-corrected chi connectivity index (χ4v) is 9.53. The number of carbonyl (C=O) groups excluding carboxylic acids is 3. The van der Waals surface area contributed by atoms with E-state index < -0.39 is 235 Å². The summed E-state index contributed by atoms with van der Waals surface area (Å²) in [7, 11) is 0. The van der Waals surface area contributed by atoms with Crippen molar-refractivity contribution in [1.82, 2.24) is 16.0 Å². The quantitative estimate of drug-likeness (QED) is 0.0606. The summed E-state index contributed by atoms with van der Waals surface area (Å²) in [5, 5.41) is 180. The Morgan fingerprint density at radius 3 is 1.32 bits per heavy atom. The molecule has 75 heavy (non-hydrogen) atoms. The third-order valence-corrected chi connectivity index (χ3v) is 13.6. The molecule has 19 N–H and O–H groups in total. The molecule has 3 amide bonds. The van der Waals surface area contributed by atoms with E-state index in [1.54, 1.807) is 0 Å². The number of hydrogen-bond acceptors (Lipinski definition) is 30. The Balaban J connectivity index is 1.33. The van der Waals surface area contributed by atoms with Gasteiger partial charge >= 0.3 is 0 Å². The first-order valence-electron chi connectivity index (χ1n) is 23.9. The molecule has 6 unspecified atom stereocenters. The predicted octanol–water partition coefficient (Wildman–Crippen LogP) is -12.6. The van der Waals surface area contributed by atoms with Crippen LogP contribution in [0.2, 0.25) is 0 Å². The van der Waals surface area contributed by atoms with Crippen molar-refractivity contribution < 1.29 is 148 Å². The zero-order valence-electron chi connectivity index (χ0n) is 40.7. The Labute approximate surface area is 426 Å². The maximum absolute atomic E-state index is 12.9. The number of amides is 3. The monoisotopic (exact) mass is 1100 g/mol. The highest BCUT2D eigenvalue weighted by Crippen LogP contribution is 2.37. The molecule has 0 spiro atoms. The summed E-state index contributed by atoms with van der Waals surface area (Å²) < 4.78 is 64.6. The number of aliphatic hydroxyl groups excluding tert-OH is 16. The highest BCUT2D eigenvalue weighted by molar-refractivity contribution is 5.74. The summed E-state index contributed by atoms with van der Waals surface area (Å²) in [6.07, 6.45) is -50.4. The average Bonchev–Trinajstić information content (AvgIpc) is 3.36. The molecule has 6 aliphatic rings. The molecule has 0 aromatic heterocycles. The van der Waals surface area contributed by atoms with Crippen molar-refractivity contribution in [2.45, 2.75) is 212 Å². The van der Waals surface area contributed by atoms with Gasteiger partial charge in [-0.25, -0.2) is 0 Å². The third-order valence-electron chi connectivity index (χ3n) is 13.6. The smallest absolute Gasteiger partial charge is 0.217 e. The molecule has 6 aliphatic heterocycles. The molecule has 0 saturated carbocycles. The normalized spacial score (nSPS) is 48.6. The van der Waals surface area contributed by atoms with Crippen molar-refractivity contribution in [2.24, 2.45) is 0 Å². The Kier molecular flexibility index (Phi) is 21.8. The van der Waals surface area contributed by atoms with Gasteiger partial charge in [0.25, 0.3) is 0 Å². The van der Waals surface area contributed by atoms with E-state index in [0.29, 0.717) is 0 Å². The van der Waals surface area contributed by atoms with E-state index in [4.69, 9.17) is 52.1 Å². The second-order valence-electron chi connectivity index (χ2n) is 19.0. The molecule has 0 aromatic rings. The number of nitrogens with one attached hydrogen (secondary N) is 3. The average molecular weight is 1100 g/mol. The highest BCUT2D eigenvalue weighted by atomic mass is 16.8. The van der Waals surface area contributed by atoms with Gasteiger partial charge in [0.15, 0.2) is 37.7 Å². The van der Waals surface area contributed by atoms with Gasteiger partial charge in [-0.2, -0.15) is 0 Å². The van der Waals surface area contributed by atoms with Crippen LogP contribution < -0.4 is 16.0 Å². The Morgan fingerprint density at radius 1 is 0.373 bits per heavy atom. The first kappa shape index (κ1) is 61.5. The van der Waals surface area contributed by atoms with Gasteiger partial charge in [0.2, 0.25) is 17.7 Å². The van der Waals surface area contributed by atoms with Gasteiger partial charge in [-0.15, -0.1) is 0 Å². The van der Waals surface area contributed by atoms with Crippen LogP contribution in [0.1, 0.15) is 27.7 Å². The van der Waals surface area contributed by atoms with Crippen molar-refractivity contribution in [3.8, 4) is 0 Å². The molecule has 33 nitrogen and oxygen atoms in total. The van der Waals surface area contributed by atoms with Crippen LogP contribution >= 0.6 is 0 Å². The fourth-order valence-electron chi connectivity index (χ4n) is 9.53. The minimum absolute atomic E-state index is 0.772. The predicted molar refractivity (Wildman–Crippen MR) is 233 cm³/mol. The van der Waals surface area contributed by atoms with Gasteiger partial charge < -0.3 is 150 Å². The lowest BCUT2D eigenvalue weighted by molar-refractivity contribution is -0.397. The first-order chi connectivity index (χ1) is 35.4. The minimum Gasteiger partial charge on any atom is -0.394 e. The minimum atomic E-state index is -2.13. The van der Waals surface area contributed by atoms with Crippen molar-refractivity contribution in [3.05, 3.63) is 0 Å². The maximum atomic E-state index is 12.9. The van der Waals surface area contributed by atoms with E-state index >= 15 is 0 Å². The standard InChI is InChI=1S/C42H71N3O30/c1-10-22(53)29(60)31(62)40(66-10)75-36-35(74-39-19(43-11(2)50)28(59)23(54)14(5-46)69-39)26(57)17(8-49)71-42(36)73-34-21(45-13(4)52)38(68-16(7-48)25(34)56)65-9-18-27(58)33(20(37(64)67-18)44-12(3)51)72-41-32(63)30(61)24(55)15(6-47)70-41/h10,14-42,46-49,53-64H,5-9H2,1-4H3,(H,43,50)(H,44,51)(H,45,52)/t10-,14+,15+,16+,17+,18+,19+,20+,21+,22+,23+,24-,25+,26-,27-,28+,29+,30-,31-,32+,33+,34+,35-,36+,37?,38?,39?,40?,41?,42?/m0/s1. The summed E-state index contributed by atoms with van der Waals surface area (Å²) in [6, 6.07) is -5.04. The maximum Gasteiger partial charge on any atom is 0.217 e. The fraction of sp³-hybridized carbons (Fsp3) is 0.929. The van der Waals surface area contributed by atoms with Gasteiger partial charge in [-0.3, -0.25) is 14.4 Å². The summed E-state index contributed by atoms with van der Waals surface area (Å²) in [6.45, 7) is -0.330. The van der Waals surface area contributed by atoms with Crippen LogP contribution in [-0.2, 0) is 66.5 Å². The lowest BCUT2D eigenvalue weighted by Crippen LogP contribution is -2.71. The molecular formula is C42H71N3O30. The van der Waals surface area contributed by atoms with E-state index in [0.717, 1.165) is 20.8 Å². The van der Waals surface area contributed by atoms with Crippen LogP contribution in [0.25, 0.3) is 0 Å². The van der Waals surface area contributed by atoms with Crippen LogP contribution in [0.5, 0.6) is 0 Å². The third kappa shape index (κ3) is 13.7. The molecule has 6 fully saturated rings. The molecular weight excluding hydrogens is 1030 g/mol. The van der Waals surface area contributed by atoms with Gasteiger partial charge in [0, 0.05) is 20.8 Å². The van der Waals surface area contributed by atoms with Crippen molar-refractivity contribution >= 4 is 17.7 Å². The lowest BCUT2D eigenvalue weighted by Gasteiger charge is -2.51. The van der Waals surface area contributed by atoms with Gasteiger partial charge in [-0.1, -0.05) is 0 Å². The zero-order chi connectivity index (χ0) is 55.5. The molecule has 6 rings (SSSR count). The summed E-state index contributed by atoms with van der Waals surface area (Å²) in [5.74, 6) is -2.41. The van der Waals surface area contributed by atoms with E-state index in [2.05, 4.69) is 16.0 Å². The molecule has 30 atom stereocenters. The molecule has 0 aliphatic carbocycles. The van der Waals surface area contributed by atoms with Crippen molar-refractivity contribution in [1.29, 1.82) is 0 Å². The number of aliphatic hydroxyl groups is 16. The molecule has 33 heteroatoms. The molecule has 434 valence electrons. The first-order valence-corrected chi connectivity index (χ1v) is 23.9. The molecule has 6 saturated heterocycles. The summed E-state index contributed by atoms with van der Waals surface area (Å²) in [4.78, 5) is 37.5. The van der Waals surface area contributed by atoms with Crippen molar-refractivity contribution in [3.63, 3.8) is 0 Å². The van der Waals surface area contributed by atoms with E-state index in [1.807, 2.05) is 0 Å². The van der Waals surface area contributed by atoms with Crippen LogP contribution in [-0.4, -0.2) is 317 Å². The highest BCUT2D eigenvalue weighted by Gasteiger charge is 2.58. The Morgan fingerprint density at radius 2 is 0.760 bits per heavy atom. The number of ether oxygens (including phenoxy) is 11. The second kappa shape index (κ2) is 26.5. The van der Waals surface area contributed by atoms with Crippen LogP contribution in [0, 0.1) is 0 Å². The Hall–Kier alpha value is -2.67. The number of hydrogen-bond donors (Lipinski definition) is 19. The van der Waals surface area contributed by atoms with Crippen LogP contribution in [0.4, 0.5) is 0 Å². The zero-order valence-corrected chi connectivity index (χ0v) is 40.7. The van der Waals surface area contributed by atoms with Crippen LogP contribution in [0.3, 0.4) is 0 Å². The van der Waals surface area contributed by atoms with E-state index in [1.165, 1.54) is 6.92 Å². The largest absolute Gasteiger partial charge is 0.394 e. The molecule has 6 heterocycles. The second-order valence-corrected chi connectivity index (χ2v) is 19.0. The molecule has 0 bridgehead atoms. The van der Waals surface area contributed by atoms with Gasteiger partial charge in [0.05, 0.1) is 39.1 Å². The molecule has 0 aromatic carbocycles. The SMILES string of the molecule is CC(=O)N[C@H]1C(O[C@H]2[C@@H](O)[C@@H](CO)OC(O[C@H]3[C@H](O)[C@@H](CO)OC(OC[C@H]4OC(O)[C@H](NC(C)=O)[C@@H](OC5O[C@H](CO)[C@H](O)[C@H](O)[C@H]5O)[C@H]4O)[C@@H]3NC(C)=O)[C@@H]2OC2O[C@@H](C)[C@@H](O)[C@@H](O)[C@@H]2O)O[C@H](CO)[C@@H](O)[C@@H]1O. The summed E-state index contributed by atoms with van der Waals surface area (Å²) in [5.41, 5.74) is 0. The Bertz CT molecular complexity index is 1850. The van der Waals surface area contributed by atoms with E-state index in [9.17, 15) is 96.1 Å². The number of carbonyl (C=O) groups is 3. The van der Waals surface area contributed by atoms with Gasteiger partial charge in [-0.05, 0) is 6.92 Å². The number of rotatable bonds is 18. The molecule has 0 radical (unpaired) electrons.